The number of halogens is 1. The Bertz CT molecular complexity index is 714. The highest BCUT2D eigenvalue weighted by Gasteiger charge is 2.15. The van der Waals surface area contributed by atoms with Gasteiger partial charge >= 0.3 is 0 Å². The fraction of sp³-hybridized carbons (Fsp3) is 0.143. The molecule has 0 saturated carbocycles. The van der Waals surface area contributed by atoms with Crippen LogP contribution in [-0.2, 0) is 0 Å². The van der Waals surface area contributed by atoms with Crippen LogP contribution in [0.5, 0.6) is 0 Å². The number of benzene rings is 1. The largest absolute Gasteiger partial charge is 0.393 e. The molecule has 1 heterocycles. The quantitative estimate of drug-likeness (QED) is 0.579. The minimum atomic E-state index is 0.0255. The van der Waals surface area contributed by atoms with Gasteiger partial charge < -0.3 is 16.0 Å². The van der Waals surface area contributed by atoms with E-state index < -0.39 is 0 Å². The molecule has 1 aromatic carbocycles. The van der Waals surface area contributed by atoms with E-state index in [1.54, 1.807) is 0 Å². The second-order valence-corrected chi connectivity index (χ2v) is 5.51. The van der Waals surface area contributed by atoms with Crippen LogP contribution >= 0.6 is 22.6 Å². The van der Waals surface area contributed by atoms with Gasteiger partial charge in [0.15, 0.2) is 11.6 Å². The third-order valence-corrected chi connectivity index (χ3v) is 3.51. The summed E-state index contributed by atoms with van der Waals surface area (Å²) in [5.74, 6) is 0.804. The Morgan fingerprint density at radius 2 is 1.77 bits per heavy atom. The van der Waals surface area contributed by atoms with Gasteiger partial charge in [0.25, 0.3) is 0 Å². The van der Waals surface area contributed by atoms with Crippen LogP contribution < -0.4 is 16.0 Å². The minimum Gasteiger partial charge on any atom is -0.393 e. The molecular weight excluding hydrogens is 393 g/mol. The van der Waals surface area contributed by atoms with Crippen molar-refractivity contribution < 1.29 is 0 Å². The van der Waals surface area contributed by atoms with Gasteiger partial charge in [-0.15, -0.1) is 0 Å². The summed E-state index contributed by atoms with van der Waals surface area (Å²) in [5, 5.41) is 20.8. The van der Waals surface area contributed by atoms with E-state index in [4.69, 9.17) is 16.3 Å². The Balaban J connectivity index is 2.30. The molecule has 0 unspecified atom stereocenters. The van der Waals surface area contributed by atoms with Crippen LogP contribution in [0.3, 0.4) is 0 Å². The molecule has 110 valence electrons. The molecule has 0 spiro atoms. The molecule has 8 heteroatoms. The first-order valence-electron chi connectivity index (χ1n) is 6.27. The number of nitrogens with one attached hydrogen (secondary N) is 1. The first-order valence-corrected chi connectivity index (χ1v) is 7.35. The van der Waals surface area contributed by atoms with Crippen LogP contribution in [0.1, 0.15) is 0 Å². The summed E-state index contributed by atoms with van der Waals surface area (Å²) in [7, 11) is 0. The van der Waals surface area contributed by atoms with E-state index in [0.29, 0.717) is 17.3 Å². The third kappa shape index (κ3) is 3.74. The highest BCUT2D eigenvalue weighted by atomic mass is 127. The summed E-state index contributed by atoms with van der Waals surface area (Å²) in [6.07, 6.45) is 1.35. The number of aromatic nitrogens is 2. The summed E-state index contributed by atoms with van der Waals surface area (Å²) < 4.78 is 1.12. The van der Waals surface area contributed by atoms with E-state index in [0.717, 1.165) is 9.26 Å². The number of nitrogens with zero attached hydrogens (tertiary/aromatic N) is 5. The van der Waals surface area contributed by atoms with E-state index in [9.17, 15) is 0 Å². The summed E-state index contributed by atoms with van der Waals surface area (Å²) >= 11 is 2.22. The van der Waals surface area contributed by atoms with Crippen LogP contribution in [0.2, 0.25) is 0 Å². The van der Waals surface area contributed by atoms with Crippen molar-refractivity contribution in [3.05, 3.63) is 34.2 Å². The number of nitriles is 2. The third-order valence-electron chi connectivity index (χ3n) is 2.79. The van der Waals surface area contributed by atoms with Gasteiger partial charge in [-0.3, -0.25) is 0 Å². The molecule has 2 aromatic rings. The molecule has 0 saturated heterocycles. The number of anilines is 4. The van der Waals surface area contributed by atoms with Crippen LogP contribution in [0.4, 0.5) is 23.0 Å². The Hall–Kier alpha value is -2.59. The lowest BCUT2D eigenvalue weighted by Crippen LogP contribution is -2.26. The van der Waals surface area contributed by atoms with Crippen molar-refractivity contribution in [3.63, 3.8) is 0 Å². The number of hydrogen-bond acceptors (Lipinski definition) is 7. The maximum Gasteiger partial charge on any atom is 0.159 e. The molecule has 22 heavy (non-hydrogen) atoms. The summed E-state index contributed by atoms with van der Waals surface area (Å²) in [5.41, 5.74) is 7.21. The van der Waals surface area contributed by atoms with Gasteiger partial charge in [-0.25, -0.2) is 9.97 Å². The van der Waals surface area contributed by atoms with Crippen molar-refractivity contribution in [2.75, 3.05) is 29.0 Å². The van der Waals surface area contributed by atoms with Crippen molar-refractivity contribution in [2.45, 2.75) is 0 Å². The highest BCUT2D eigenvalue weighted by Crippen LogP contribution is 2.28. The topological polar surface area (TPSA) is 115 Å². The molecule has 7 nitrogen and oxygen atoms in total. The van der Waals surface area contributed by atoms with Crippen LogP contribution in [0.25, 0.3) is 0 Å². The van der Waals surface area contributed by atoms with Gasteiger partial charge in [-0.1, -0.05) is 0 Å². The van der Waals surface area contributed by atoms with E-state index in [1.807, 2.05) is 36.4 Å². The first-order chi connectivity index (χ1) is 10.7. The van der Waals surface area contributed by atoms with Gasteiger partial charge in [0, 0.05) is 9.26 Å². The van der Waals surface area contributed by atoms with Crippen molar-refractivity contribution in [1.82, 2.24) is 9.97 Å². The lowest BCUT2D eigenvalue weighted by Gasteiger charge is -2.20. The van der Waals surface area contributed by atoms with Crippen molar-refractivity contribution in [1.29, 1.82) is 10.5 Å². The Morgan fingerprint density at radius 3 is 2.36 bits per heavy atom. The summed E-state index contributed by atoms with van der Waals surface area (Å²) in [4.78, 5) is 9.69. The van der Waals surface area contributed by atoms with Gasteiger partial charge in [0.05, 0.1) is 12.1 Å². The van der Waals surface area contributed by atoms with Crippen molar-refractivity contribution >= 4 is 45.6 Å². The minimum absolute atomic E-state index is 0.0255. The van der Waals surface area contributed by atoms with Crippen LogP contribution in [0.15, 0.2) is 30.6 Å². The summed E-state index contributed by atoms with van der Waals surface area (Å²) in [6, 6.07) is 11.7. The van der Waals surface area contributed by atoms with Gasteiger partial charge in [0.2, 0.25) is 0 Å². The molecule has 0 aliphatic heterocycles. The molecule has 0 bridgehead atoms. The fourth-order valence-corrected chi connectivity index (χ4v) is 2.14. The number of nitrogens with two attached hydrogens (primary N) is 1. The molecule has 2 rings (SSSR count). The molecule has 0 fully saturated rings. The zero-order valence-corrected chi connectivity index (χ0v) is 13.6. The van der Waals surface area contributed by atoms with E-state index in [2.05, 4.69) is 37.9 Å². The maximum absolute atomic E-state index is 8.84. The molecular formula is C14H12IN7. The van der Waals surface area contributed by atoms with Crippen molar-refractivity contribution in [2.24, 2.45) is 0 Å². The van der Waals surface area contributed by atoms with E-state index >= 15 is 0 Å². The Kier molecular flexibility index (Phi) is 5.33. The van der Waals surface area contributed by atoms with Gasteiger partial charge in [-0.05, 0) is 46.9 Å². The predicted molar refractivity (Wildman–Crippen MR) is 92.3 cm³/mol. The van der Waals surface area contributed by atoms with Crippen LogP contribution in [0, 0.1) is 26.2 Å². The highest BCUT2D eigenvalue weighted by molar-refractivity contribution is 14.1. The molecule has 1 aromatic heterocycles. The number of nitrogen functional groups attached to an aromatic ring is 1. The van der Waals surface area contributed by atoms with Gasteiger partial charge in [0.1, 0.15) is 25.1 Å². The molecule has 0 amide bonds. The monoisotopic (exact) mass is 405 g/mol. The zero-order valence-electron chi connectivity index (χ0n) is 11.5. The number of rotatable bonds is 5. The maximum atomic E-state index is 8.84. The second kappa shape index (κ2) is 7.43. The first kappa shape index (κ1) is 15.8. The smallest absolute Gasteiger partial charge is 0.159 e. The Labute approximate surface area is 141 Å². The standard InChI is InChI=1S/C14H12IN7/c15-10-1-3-11(4-2-10)21-13-12(18)14(20-9-19-13)22(7-5-16)8-6-17/h1-4,9H,7-8,18H2,(H,19,20,21). The van der Waals surface area contributed by atoms with Crippen LogP contribution in [-0.4, -0.2) is 23.1 Å². The number of hydrogen-bond donors (Lipinski definition) is 2. The SMILES string of the molecule is N#CCN(CC#N)c1ncnc(Nc2ccc(I)cc2)c1N. The van der Waals surface area contributed by atoms with E-state index in [1.165, 1.54) is 11.2 Å². The van der Waals surface area contributed by atoms with E-state index in [-0.39, 0.29) is 13.1 Å². The lowest BCUT2D eigenvalue weighted by atomic mass is 10.3. The molecule has 3 N–H and O–H groups in total. The fourth-order valence-electron chi connectivity index (χ4n) is 1.78. The Morgan fingerprint density at radius 1 is 1.14 bits per heavy atom. The lowest BCUT2D eigenvalue weighted by molar-refractivity contribution is 0.930. The van der Waals surface area contributed by atoms with Gasteiger partial charge in [-0.2, -0.15) is 10.5 Å². The average molecular weight is 405 g/mol. The zero-order chi connectivity index (χ0) is 15.9. The van der Waals surface area contributed by atoms with Crippen molar-refractivity contribution in [3.8, 4) is 12.1 Å². The summed E-state index contributed by atoms with van der Waals surface area (Å²) in [6.45, 7) is 0.0511. The second-order valence-electron chi connectivity index (χ2n) is 4.26. The predicted octanol–water partition coefficient (Wildman–Crippen LogP) is 2.26. The molecule has 0 aliphatic rings. The normalized spacial score (nSPS) is 9.59. The molecule has 0 radical (unpaired) electrons. The average Bonchev–Trinajstić information content (AvgIpc) is 2.51. The molecule has 0 atom stereocenters. The molecule has 0 aliphatic carbocycles.